The van der Waals surface area contributed by atoms with Crippen LogP contribution in [-0.4, -0.2) is 6.04 Å². The molecule has 2 aromatic rings. The molecule has 0 bridgehead atoms. The minimum atomic E-state index is -0.333. The van der Waals surface area contributed by atoms with Gasteiger partial charge in [0.1, 0.15) is 17.3 Å². The van der Waals surface area contributed by atoms with Gasteiger partial charge in [-0.2, -0.15) is 0 Å². The summed E-state index contributed by atoms with van der Waals surface area (Å²) in [5, 5.41) is 0.627. The highest BCUT2D eigenvalue weighted by molar-refractivity contribution is 6.30. The van der Waals surface area contributed by atoms with Gasteiger partial charge < -0.3 is 10.5 Å². The van der Waals surface area contributed by atoms with Gasteiger partial charge >= 0.3 is 0 Å². The lowest BCUT2D eigenvalue weighted by molar-refractivity contribution is 0.468. The molecule has 0 spiro atoms. The normalized spacial score (nSPS) is 12.2. The van der Waals surface area contributed by atoms with Crippen molar-refractivity contribution in [3.8, 4) is 11.5 Å². The Balaban J connectivity index is 2.28. The van der Waals surface area contributed by atoms with Crippen molar-refractivity contribution in [2.75, 3.05) is 0 Å². The van der Waals surface area contributed by atoms with Crippen LogP contribution in [0.25, 0.3) is 0 Å². The highest BCUT2D eigenvalue weighted by atomic mass is 35.5. The van der Waals surface area contributed by atoms with Gasteiger partial charge in [-0.15, -0.1) is 0 Å². The second kappa shape index (κ2) is 6.04. The van der Waals surface area contributed by atoms with Crippen molar-refractivity contribution in [2.45, 2.75) is 19.4 Å². The Hall–Kier alpha value is -1.58. The molecule has 2 rings (SSSR count). The fourth-order valence-corrected chi connectivity index (χ4v) is 2.01. The molecule has 0 saturated heterocycles. The fraction of sp³-hybridized carbons (Fsp3) is 0.200. The van der Waals surface area contributed by atoms with E-state index in [9.17, 15) is 4.39 Å². The van der Waals surface area contributed by atoms with Gasteiger partial charge in [0, 0.05) is 17.1 Å². The molecule has 0 aliphatic heterocycles. The molecule has 0 aliphatic rings. The van der Waals surface area contributed by atoms with Crippen molar-refractivity contribution in [1.82, 2.24) is 0 Å². The first kappa shape index (κ1) is 13.8. The molecule has 100 valence electrons. The van der Waals surface area contributed by atoms with Gasteiger partial charge in [0.25, 0.3) is 0 Å². The second-order valence-corrected chi connectivity index (χ2v) is 4.93. The average Bonchev–Trinajstić information content (AvgIpc) is 2.32. The van der Waals surface area contributed by atoms with Crippen molar-refractivity contribution < 1.29 is 9.13 Å². The Labute approximate surface area is 117 Å². The van der Waals surface area contributed by atoms with E-state index in [2.05, 4.69) is 0 Å². The Kier molecular flexibility index (Phi) is 4.40. The maximum Gasteiger partial charge on any atom is 0.130 e. The Morgan fingerprint density at radius 3 is 2.74 bits per heavy atom. The zero-order valence-electron chi connectivity index (χ0n) is 10.6. The maximum atomic E-state index is 13.1. The van der Waals surface area contributed by atoms with Crippen LogP contribution in [-0.2, 0) is 6.42 Å². The molecule has 2 N–H and O–H groups in total. The number of halogens is 2. The highest BCUT2D eigenvalue weighted by Gasteiger charge is 2.08. The third kappa shape index (κ3) is 3.94. The molecule has 0 radical (unpaired) electrons. The first-order chi connectivity index (χ1) is 9.04. The summed E-state index contributed by atoms with van der Waals surface area (Å²) in [6, 6.07) is 11.3. The van der Waals surface area contributed by atoms with Crippen LogP contribution in [0.15, 0.2) is 42.5 Å². The molecule has 0 heterocycles. The molecular weight excluding hydrogens is 265 g/mol. The predicted octanol–water partition coefficient (Wildman–Crippen LogP) is 4.16. The van der Waals surface area contributed by atoms with E-state index in [-0.39, 0.29) is 11.9 Å². The van der Waals surface area contributed by atoms with Crippen LogP contribution in [0.3, 0.4) is 0 Å². The SMILES string of the molecule is CC(N)Cc1cc(Cl)ccc1Oc1cccc(F)c1. The topological polar surface area (TPSA) is 35.2 Å². The molecule has 1 unspecified atom stereocenters. The van der Waals surface area contributed by atoms with Crippen LogP contribution in [0.1, 0.15) is 12.5 Å². The van der Waals surface area contributed by atoms with E-state index in [1.807, 2.05) is 13.0 Å². The fourth-order valence-electron chi connectivity index (χ4n) is 1.81. The van der Waals surface area contributed by atoms with Crippen LogP contribution in [0.2, 0.25) is 5.02 Å². The summed E-state index contributed by atoms with van der Waals surface area (Å²) >= 11 is 5.97. The summed E-state index contributed by atoms with van der Waals surface area (Å²) in [5.41, 5.74) is 6.71. The standard InChI is InChI=1S/C15H15ClFNO/c1-10(18)7-11-8-12(16)5-6-15(11)19-14-4-2-3-13(17)9-14/h2-6,8-10H,7,18H2,1H3. The summed E-state index contributed by atoms with van der Waals surface area (Å²) in [6.45, 7) is 1.91. The zero-order chi connectivity index (χ0) is 13.8. The van der Waals surface area contributed by atoms with Crippen molar-refractivity contribution in [3.05, 3.63) is 58.9 Å². The van der Waals surface area contributed by atoms with E-state index in [1.165, 1.54) is 12.1 Å². The largest absolute Gasteiger partial charge is 0.457 e. The summed E-state index contributed by atoms with van der Waals surface area (Å²) in [7, 11) is 0. The number of ether oxygens (including phenoxy) is 1. The molecule has 0 amide bonds. The van der Waals surface area contributed by atoms with Gasteiger partial charge in [0.15, 0.2) is 0 Å². The van der Waals surface area contributed by atoms with Gasteiger partial charge in [0.2, 0.25) is 0 Å². The number of hydrogen-bond acceptors (Lipinski definition) is 2. The van der Waals surface area contributed by atoms with E-state index in [0.29, 0.717) is 22.9 Å². The van der Waals surface area contributed by atoms with E-state index in [0.717, 1.165) is 5.56 Å². The Morgan fingerprint density at radius 2 is 2.05 bits per heavy atom. The minimum Gasteiger partial charge on any atom is -0.457 e. The molecule has 0 aliphatic carbocycles. The number of rotatable bonds is 4. The smallest absolute Gasteiger partial charge is 0.130 e. The number of benzene rings is 2. The van der Waals surface area contributed by atoms with Gasteiger partial charge in [-0.05, 0) is 49.2 Å². The first-order valence-corrected chi connectivity index (χ1v) is 6.40. The van der Waals surface area contributed by atoms with Crippen molar-refractivity contribution in [1.29, 1.82) is 0 Å². The average molecular weight is 280 g/mol. The predicted molar refractivity (Wildman–Crippen MR) is 75.3 cm³/mol. The third-order valence-corrected chi connectivity index (χ3v) is 2.82. The summed E-state index contributed by atoms with van der Waals surface area (Å²) in [5.74, 6) is 0.765. The third-order valence-electron chi connectivity index (χ3n) is 2.59. The van der Waals surface area contributed by atoms with Crippen molar-refractivity contribution >= 4 is 11.6 Å². The summed E-state index contributed by atoms with van der Waals surface area (Å²) < 4.78 is 18.8. The molecule has 2 aromatic carbocycles. The van der Waals surface area contributed by atoms with E-state index < -0.39 is 0 Å². The number of nitrogens with two attached hydrogens (primary N) is 1. The van der Waals surface area contributed by atoms with E-state index in [4.69, 9.17) is 22.1 Å². The van der Waals surface area contributed by atoms with Crippen LogP contribution in [0.5, 0.6) is 11.5 Å². The Morgan fingerprint density at radius 1 is 1.26 bits per heavy atom. The van der Waals surface area contributed by atoms with Crippen molar-refractivity contribution in [2.24, 2.45) is 5.73 Å². The minimum absolute atomic E-state index is 0.00618. The molecule has 0 fully saturated rings. The van der Waals surface area contributed by atoms with Crippen LogP contribution in [0, 0.1) is 5.82 Å². The molecule has 1 atom stereocenters. The quantitative estimate of drug-likeness (QED) is 0.912. The molecule has 0 saturated carbocycles. The van der Waals surface area contributed by atoms with Crippen molar-refractivity contribution in [3.63, 3.8) is 0 Å². The van der Waals surface area contributed by atoms with Gasteiger partial charge in [-0.1, -0.05) is 17.7 Å². The van der Waals surface area contributed by atoms with E-state index in [1.54, 1.807) is 24.3 Å². The van der Waals surface area contributed by atoms with Gasteiger partial charge in [0.05, 0.1) is 0 Å². The second-order valence-electron chi connectivity index (χ2n) is 4.49. The lowest BCUT2D eigenvalue weighted by atomic mass is 10.1. The lowest BCUT2D eigenvalue weighted by Crippen LogP contribution is -2.18. The first-order valence-electron chi connectivity index (χ1n) is 6.02. The monoisotopic (exact) mass is 279 g/mol. The maximum absolute atomic E-state index is 13.1. The Bertz CT molecular complexity index is 572. The molecule has 2 nitrogen and oxygen atoms in total. The molecular formula is C15H15ClFNO. The van der Waals surface area contributed by atoms with Crippen LogP contribution in [0.4, 0.5) is 4.39 Å². The van der Waals surface area contributed by atoms with Crippen LogP contribution < -0.4 is 10.5 Å². The van der Waals surface area contributed by atoms with E-state index >= 15 is 0 Å². The van der Waals surface area contributed by atoms with Crippen LogP contribution >= 0.6 is 11.6 Å². The summed E-state index contributed by atoms with van der Waals surface area (Å²) in [6.07, 6.45) is 0.644. The highest BCUT2D eigenvalue weighted by Crippen LogP contribution is 2.29. The molecule has 0 aromatic heterocycles. The number of hydrogen-bond donors (Lipinski definition) is 1. The van der Waals surface area contributed by atoms with Gasteiger partial charge in [-0.3, -0.25) is 0 Å². The lowest BCUT2D eigenvalue weighted by Gasteiger charge is -2.13. The molecule has 19 heavy (non-hydrogen) atoms. The molecule has 4 heteroatoms. The summed E-state index contributed by atoms with van der Waals surface area (Å²) in [4.78, 5) is 0. The zero-order valence-corrected chi connectivity index (χ0v) is 11.3. The van der Waals surface area contributed by atoms with Gasteiger partial charge in [-0.25, -0.2) is 4.39 Å².